The number of benzene rings is 3. The van der Waals surface area contributed by atoms with Gasteiger partial charge in [0.15, 0.2) is 0 Å². The number of amides is 2. The van der Waals surface area contributed by atoms with E-state index in [1.165, 1.54) is 0 Å². The van der Waals surface area contributed by atoms with E-state index in [1.807, 2.05) is 91.4 Å². The van der Waals surface area contributed by atoms with Crippen molar-refractivity contribution < 1.29 is 14.4 Å². The molecule has 6 rings (SSSR count). The van der Waals surface area contributed by atoms with Gasteiger partial charge >= 0.3 is 0 Å². The van der Waals surface area contributed by atoms with Crippen molar-refractivity contribution in [2.24, 2.45) is 5.73 Å². The summed E-state index contributed by atoms with van der Waals surface area (Å²) in [4.78, 5) is 48.8. The second-order valence-corrected chi connectivity index (χ2v) is 10.6. The molecule has 0 saturated carbocycles. The van der Waals surface area contributed by atoms with Gasteiger partial charge in [-0.1, -0.05) is 54.6 Å². The predicted octanol–water partition coefficient (Wildman–Crippen LogP) is 3.65. The Hall–Kier alpha value is -5.15. The molecule has 3 heterocycles. The molecule has 3 aromatic heterocycles. The van der Waals surface area contributed by atoms with Crippen molar-refractivity contribution in [1.29, 1.82) is 0 Å². The molecule has 0 aliphatic rings. The summed E-state index contributed by atoms with van der Waals surface area (Å²) in [6.45, 7) is 0. The fraction of sp³-hybridized carbons (Fsp3) is 0.182. The van der Waals surface area contributed by atoms with Gasteiger partial charge in [-0.3, -0.25) is 9.59 Å². The fourth-order valence-electron chi connectivity index (χ4n) is 5.59. The number of fused-ring (bicyclic) bond motifs is 3. The van der Waals surface area contributed by atoms with E-state index in [9.17, 15) is 14.4 Å². The molecule has 2 amide bonds. The predicted molar refractivity (Wildman–Crippen MR) is 164 cm³/mol. The zero-order valence-corrected chi connectivity index (χ0v) is 22.9. The van der Waals surface area contributed by atoms with Crippen molar-refractivity contribution in [3.63, 3.8) is 0 Å². The van der Waals surface area contributed by atoms with Crippen LogP contribution in [0.3, 0.4) is 0 Å². The third kappa shape index (κ3) is 5.55. The number of carbonyl (C=O) groups excluding carboxylic acids is 3. The molecule has 7 N–H and O–H groups in total. The largest absolute Gasteiger partial charge is 0.361 e. The van der Waals surface area contributed by atoms with Gasteiger partial charge in [-0.05, 0) is 41.3 Å². The quantitative estimate of drug-likeness (QED) is 0.134. The Labute approximate surface area is 241 Å². The first-order valence-electron chi connectivity index (χ1n) is 14.0. The lowest BCUT2D eigenvalue weighted by atomic mass is 10.0. The normalized spacial score (nSPS) is 13.6. The van der Waals surface area contributed by atoms with Crippen LogP contribution in [0, 0.1) is 0 Å². The number of carbonyl (C=O) groups is 3. The van der Waals surface area contributed by atoms with Gasteiger partial charge in [-0.15, -0.1) is 0 Å². The molecule has 0 spiro atoms. The molecule has 3 atom stereocenters. The average molecular weight is 561 g/mol. The van der Waals surface area contributed by atoms with Crippen LogP contribution >= 0.6 is 0 Å². The summed E-state index contributed by atoms with van der Waals surface area (Å²) in [5.41, 5.74) is 11.9. The molecule has 0 fully saturated rings. The molecule has 3 aromatic carbocycles. The summed E-state index contributed by atoms with van der Waals surface area (Å²) in [6.07, 6.45) is 7.11. The van der Waals surface area contributed by atoms with E-state index < -0.39 is 29.9 Å². The lowest BCUT2D eigenvalue weighted by Gasteiger charge is -2.22. The van der Waals surface area contributed by atoms with Crippen LogP contribution in [0.2, 0.25) is 0 Å². The first-order valence-corrected chi connectivity index (χ1v) is 14.0. The first-order chi connectivity index (χ1) is 20.5. The van der Waals surface area contributed by atoms with Gasteiger partial charge in [-0.25, -0.2) is 0 Å². The van der Waals surface area contributed by atoms with Crippen LogP contribution in [0.1, 0.15) is 16.7 Å². The Morgan fingerprint density at radius 3 is 1.60 bits per heavy atom. The molecule has 0 aliphatic carbocycles. The molecule has 0 bridgehead atoms. The van der Waals surface area contributed by atoms with Crippen molar-refractivity contribution in [3.8, 4) is 0 Å². The standard InChI is InChI=1S/C33H32N6O3/c34-27(14-21-17-36-29-11-5-2-8-25(21)29)32(41)39-31(15-22-18-37-30-12-6-3-9-26(22)30)33(42)38-23(19-40)13-20-16-35-28-10-4-1-7-24(20)28/h1-12,16-19,23,27,31,35-37H,13-15,34H2,(H,38,42)(H,39,41)/t23-,27-,31-/m0/s1. The average Bonchev–Trinajstić information content (AvgIpc) is 3.74. The molecular formula is C33H32N6O3. The fourth-order valence-corrected chi connectivity index (χ4v) is 5.59. The number of aromatic nitrogens is 3. The molecule has 0 unspecified atom stereocenters. The van der Waals surface area contributed by atoms with Crippen LogP contribution in [0.15, 0.2) is 91.4 Å². The van der Waals surface area contributed by atoms with Crippen LogP contribution in [0.5, 0.6) is 0 Å². The van der Waals surface area contributed by atoms with Gasteiger partial charge in [0.05, 0.1) is 12.1 Å². The lowest BCUT2D eigenvalue weighted by molar-refractivity contribution is -0.130. The van der Waals surface area contributed by atoms with E-state index in [2.05, 4.69) is 25.6 Å². The van der Waals surface area contributed by atoms with Crippen LogP contribution in [0.25, 0.3) is 32.7 Å². The Morgan fingerprint density at radius 1 is 0.643 bits per heavy atom. The van der Waals surface area contributed by atoms with Gasteiger partial charge < -0.3 is 36.1 Å². The van der Waals surface area contributed by atoms with Gasteiger partial charge in [0.2, 0.25) is 11.8 Å². The molecule has 9 nitrogen and oxygen atoms in total. The van der Waals surface area contributed by atoms with Gasteiger partial charge in [-0.2, -0.15) is 0 Å². The molecule has 0 aliphatic heterocycles. The van der Waals surface area contributed by atoms with Crippen LogP contribution in [-0.2, 0) is 33.6 Å². The first kappa shape index (κ1) is 27.0. The SMILES string of the molecule is N[C@@H](Cc1c[nH]c2ccccc12)C(=O)N[C@@H](Cc1c[nH]c2ccccc12)C(=O)N[C@H](C=O)Cc1c[nH]c2ccccc12. The summed E-state index contributed by atoms with van der Waals surface area (Å²) in [6, 6.07) is 20.8. The van der Waals surface area contributed by atoms with E-state index in [0.717, 1.165) is 55.7 Å². The number of nitrogens with one attached hydrogen (secondary N) is 5. The minimum Gasteiger partial charge on any atom is -0.361 e. The molecule has 0 radical (unpaired) electrons. The Bertz CT molecular complexity index is 1880. The van der Waals surface area contributed by atoms with Crippen LogP contribution in [-0.4, -0.2) is 51.2 Å². The molecule has 6 aromatic rings. The number of hydrogen-bond donors (Lipinski definition) is 6. The molecular weight excluding hydrogens is 528 g/mol. The topological polar surface area (TPSA) is 149 Å². The highest BCUT2D eigenvalue weighted by molar-refractivity contribution is 5.93. The van der Waals surface area contributed by atoms with Crippen molar-refractivity contribution in [1.82, 2.24) is 25.6 Å². The second-order valence-electron chi connectivity index (χ2n) is 10.6. The van der Waals surface area contributed by atoms with E-state index in [4.69, 9.17) is 5.73 Å². The molecule has 212 valence electrons. The van der Waals surface area contributed by atoms with Crippen LogP contribution < -0.4 is 16.4 Å². The minimum absolute atomic E-state index is 0.222. The monoisotopic (exact) mass is 560 g/mol. The maximum absolute atomic E-state index is 13.7. The number of nitrogens with two attached hydrogens (primary N) is 1. The number of aromatic amines is 3. The van der Waals surface area contributed by atoms with E-state index in [-0.39, 0.29) is 6.42 Å². The highest BCUT2D eigenvalue weighted by atomic mass is 16.2. The van der Waals surface area contributed by atoms with Crippen LogP contribution in [0.4, 0.5) is 0 Å². The van der Waals surface area contributed by atoms with E-state index in [1.54, 1.807) is 0 Å². The maximum atomic E-state index is 13.7. The Kier molecular flexibility index (Phi) is 7.57. The summed E-state index contributed by atoms with van der Waals surface area (Å²) in [5.74, 6) is -0.899. The number of para-hydroxylation sites is 3. The molecule has 42 heavy (non-hydrogen) atoms. The minimum atomic E-state index is -0.948. The highest BCUT2D eigenvalue weighted by Crippen LogP contribution is 2.22. The zero-order chi connectivity index (χ0) is 29.1. The van der Waals surface area contributed by atoms with Gasteiger partial charge in [0.25, 0.3) is 0 Å². The van der Waals surface area contributed by atoms with Crippen molar-refractivity contribution >= 4 is 50.8 Å². The number of rotatable bonds is 11. The lowest BCUT2D eigenvalue weighted by Crippen LogP contribution is -2.55. The molecule has 0 saturated heterocycles. The summed E-state index contributed by atoms with van der Waals surface area (Å²) < 4.78 is 0. The third-order valence-electron chi connectivity index (χ3n) is 7.79. The smallest absolute Gasteiger partial charge is 0.243 e. The Balaban J connectivity index is 1.21. The third-order valence-corrected chi connectivity index (χ3v) is 7.79. The zero-order valence-electron chi connectivity index (χ0n) is 22.9. The highest BCUT2D eigenvalue weighted by Gasteiger charge is 2.27. The van der Waals surface area contributed by atoms with Crippen molar-refractivity contribution in [2.75, 3.05) is 0 Å². The number of aldehydes is 1. The number of H-pyrrole nitrogens is 3. The number of hydrogen-bond acceptors (Lipinski definition) is 4. The summed E-state index contributed by atoms with van der Waals surface area (Å²) >= 11 is 0. The molecule has 9 heteroatoms. The van der Waals surface area contributed by atoms with Crippen molar-refractivity contribution in [3.05, 3.63) is 108 Å². The summed E-state index contributed by atoms with van der Waals surface area (Å²) in [7, 11) is 0. The Morgan fingerprint density at radius 2 is 1.10 bits per heavy atom. The van der Waals surface area contributed by atoms with E-state index >= 15 is 0 Å². The van der Waals surface area contributed by atoms with E-state index in [0.29, 0.717) is 12.8 Å². The van der Waals surface area contributed by atoms with Gasteiger partial charge in [0.1, 0.15) is 12.3 Å². The van der Waals surface area contributed by atoms with Crippen molar-refractivity contribution in [2.45, 2.75) is 37.4 Å². The van der Waals surface area contributed by atoms with Gasteiger partial charge in [0, 0.05) is 64.1 Å². The maximum Gasteiger partial charge on any atom is 0.243 e. The summed E-state index contributed by atoms with van der Waals surface area (Å²) in [5, 5.41) is 8.68. The second kappa shape index (κ2) is 11.8.